The summed E-state index contributed by atoms with van der Waals surface area (Å²) in [6.07, 6.45) is 2.18. The third kappa shape index (κ3) is 2.76. The van der Waals surface area contributed by atoms with Crippen LogP contribution in [0.25, 0.3) is 0 Å². The summed E-state index contributed by atoms with van der Waals surface area (Å²) in [6.45, 7) is 3.83. The van der Waals surface area contributed by atoms with Crippen LogP contribution in [0, 0.1) is 6.92 Å². The van der Waals surface area contributed by atoms with Crippen LogP contribution in [-0.4, -0.2) is 30.0 Å². The number of thiazole rings is 1. The molecule has 0 spiro atoms. The standard InChI is InChI=1S/C10H15N3OS/c1-7-12-9(6-15-7)10(14)13-8-3-2-4-11-5-8/h6,8,11H,2-5H2,1H3,(H,13,14)/t8-/m0/s1. The van der Waals surface area contributed by atoms with Gasteiger partial charge in [0.15, 0.2) is 0 Å². The lowest BCUT2D eigenvalue weighted by Gasteiger charge is -2.23. The summed E-state index contributed by atoms with van der Waals surface area (Å²) in [5.41, 5.74) is 0.545. The fourth-order valence-electron chi connectivity index (χ4n) is 1.70. The fraction of sp³-hybridized carbons (Fsp3) is 0.600. The van der Waals surface area contributed by atoms with Crippen molar-refractivity contribution in [3.63, 3.8) is 0 Å². The Morgan fingerprint density at radius 1 is 1.73 bits per heavy atom. The smallest absolute Gasteiger partial charge is 0.271 e. The van der Waals surface area contributed by atoms with E-state index in [1.54, 1.807) is 5.38 Å². The van der Waals surface area contributed by atoms with Crippen LogP contribution in [0.3, 0.4) is 0 Å². The van der Waals surface area contributed by atoms with E-state index in [0.29, 0.717) is 5.69 Å². The maximum absolute atomic E-state index is 11.7. The van der Waals surface area contributed by atoms with Crippen LogP contribution in [0.5, 0.6) is 0 Å². The minimum atomic E-state index is -0.0481. The van der Waals surface area contributed by atoms with Crippen molar-refractivity contribution in [2.24, 2.45) is 0 Å². The van der Waals surface area contributed by atoms with Crippen LogP contribution in [0.15, 0.2) is 5.38 Å². The molecule has 0 aromatic carbocycles. The Morgan fingerprint density at radius 2 is 2.60 bits per heavy atom. The summed E-state index contributed by atoms with van der Waals surface area (Å²) < 4.78 is 0. The molecule has 1 atom stereocenters. The van der Waals surface area contributed by atoms with Crippen molar-refractivity contribution in [2.45, 2.75) is 25.8 Å². The Hall–Kier alpha value is -0.940. The molecule has 2 heterocycles. The Morgan fingerprint density at radius 3 is 3.20 bits per heavy atom. The molecule has 2 N–H and O–H groups in total. The summed E-state index contributed by atoms with van der Waals surface area (Å²) in [5.74, 6) is -0.0481. The molecule has 4 nitrogen and oxygen atoms in total. The van der Waals surface area contributed by atoms with E-state index in [1.807, 2.05) is 6.92 Å². The molecular weight excluding hydrogens is 210 g/mol. The Balaban J connectivity index is 1.91. The third-order valence-electron chi connectivity index (χ3n) is 2.48. The third-order valence-corrected chi connectivity index (χ3v) is 3.26. The zero-order chi connectivity index (χ0) is 10.7. The van der Waals surface area contributed by atoms with Gasteiger partial charge in [-0.15, -0.1) is 11.3 Å². The Labute approximate surface area is 93.1 Å². The van der Waals surface area contributed by atoms with Crippen molar-refractivity contribution >= 4 is 17.2 Å². The summed E-state index contributed by atoms with van der Waals surface area (Å²) in [5, 5.41) is 8.99. The molecule has 0 radical (unpaired) electrons. The monoisotopic (exact) mass is 225 g/mol. The second kappa shape index (κ2) is 4.72. The number of hydrogen-bond donors (Lipinski definition) is 2. The normalized spacial score (nSPS) is 21.3. The van der Waals surface area contributed by atoms with Gasteiger partial charge in [0.25, 0.3) is 5.91 Å². The number of rotatable bonds is 2. The van der Waals surface area contributed by atoms with Crippen molar-refractivity contribution in [1.29, 1.82) is 0 Å². The van der Waals surface area contributed by atoms with Crippen molar-refractivity contribution in [3.05, 3.63) is 16.1 Å². The second-order valence-electron chi connectivity index (χ2n) is 3.77. The quantitative estimate of drug-likeness (QED) is 0.787. The SMILES string of the molecule is Cc1nc(C(=O)N[C@H]2CCCNC2)cs1. The largest absolute Gasteiger partial charge is 0.347 e. The molecule has 1 saturated heterocycles. The van der Waals surface area contributed by atoms with Crippen LogP contribution in [0.4, 0.5) is 0 Å². The molecule has 0 saturated carbocycles. The minimum Gasteiger partial charge on any atom is -0.347 e. The van der Waals surface area contributed by atoms with Gasteiger partial charge in [-0.25, -0.2) is 4.98 Å². The van der Waals surface area contributed by atoms with Gasteiger partial charge in [0.2, 0.25) is 0 Å². The van der Waals surface area contributed by atoms with Gasteiger partial charge in [-0.3, -0.25) is 4.79 Å². The summed E-state index contributed by atoms with van der Waals surface area (Å²) in [7, 11) is 0. The Bertz CT molecular complexity index is 344. The van der Waals surface area contributed by atoms with Crippen LogP contribution in [-0.2, 0) is 0 Å². The lowest BCUT2D eigenvalue weighted by molar-refractivity contribution is 0.0926. The van der Waals surface area contributed by atoms with E-state index >= 15 is 0 Å². The molecule has 1 amide bonds. The maximum Gasteiger partial charge on any atom is 0.271 e. The summed E-state index contributed by atoms with van der Waals surface area (Å²) in [4.78, 5) is 15.9. The zero-order valence-electron chi connectivity index (χ0n) is 8.75. The summed E-state index contributed by atoms with van der Waals surface area (Å²) in [6, 6.07) is 0.258. The van der Waals surface area contributed by atoms with E-state index in [0.717, 1.165) is 30.9 Å². The van der Waals surface area contributed by atoms with E-state index in [4.69, 9.17) is 0 Å². The molecule has 0 unspecified atom stereocenters. The van der Waals surface area contributed by atoms with Crippen LogP contribution in [0.2, 0.25) is 0 Å². The highest BCUT2D eigenvalue weighted by molar-refractivity contribution is 7.09. The molecule has 0 bridgehead atoms. The molecule has 2 rings (SSSR count). The molecule has 0 aliphatic carbocycles. The van der Waals surface area contributed by atoms with Gasteiger partial charge in [0, 0.05) is 18.0 Å². The van der Waals surface area contributed by atoms with Gasteiger partial charge in [-0.2, -0.15) is 0 Å². The predicted octanol–water partition coefficient (Wildman–Crippen LogP) is 0.933. The number of nitrogens with zero attached hydrogens (tertiary/aromatic N) is 1. The molecule has 82 valence electrons. The van der Waals surface area contributed by atoms with Crippen molar-refractivity contribution in [1.82, 2.24) is 15.6 Å². The first-order valence-electron chi connectivity index (χ1n) is 5.19. The number of amides is 1. The van der Waals surface area contributed by atoms with Gasteiger partial charge in [-0.05, 0) is 26.3 Å². The Kier molecular flexibility index (Phi) is 3.33. The average molecular weight is 225 g/mol. The summed E-state index contributed by atoms with van der Waals surface area (Å²) >= 11 is 1.51. The first kappa shape index (κ1) is 10.6. The zero-order valence-corrected chi connectivity index (χ0v) is 9.56. The highest BCUT2D eigenvalue weighted by Gasteiger charge is 2.17. The number of aromatic nitrogens is 1. The van der Waals surface area contributed by atoms with Gasteiger partial charge in [0.05, 0.1) is 5.01 Å². The molecule has 1 fully saturated rings. The number of carbonyl (C=O) groups is 1. The van der Waals surface area contributed by atoms with Gasteiger partial charge in [-0.1, -0.05) is 0 Å². The maximum atomic E-state index is 11.7. The van der Waals surface area contributed by atoms with Gasteiger partial charge in [0.1, 0.15) is 5.69 Å². The van der Waals surface area contributed by atoms with Crippen LogP contribution in [0.1, 0.15) is 28.3 Å². The van der Waals surface area contributed by atoms with E-state index in [1.165, 1.54) is 11.3 Å². The van der Waals surface area contributed by atoms with Gasteiger partial charge >= 0.3 is 0 Å². The van der Waals surface area contributed by atoms with E-state index in [-0.39, 0.29) is 11.9 Å². The van der Waals surface area contributed by atoms with Crippen molar-refractivity contribution in [2.75, 3.05) is 13.1 Å². The first-order valence-corrected chi connectivity index (χ1v) is 6.07. The predicted molar refractivity (Wildman–Crippen MR) is 60.2 cm³/mol. The molecule has 15 heavy (non-hydrogen) atoms. The molecular formula is C10H15N3OS. The number of nitrogens with one attached hydrogen (secondary N) is 2. The molecule has 1 aromatic heterocycles. The van der Waals surface area contributed by atoms with Gasteiger partial charge < -0.3 is 10.6 Å². The first-order chi connectivity index (χ1) is 7.25. The minimum absolute atomic E-state index is 0.0481. The average Bonchev–Trinajstić information content (AvgIpc) is 2.66. The van der Waals surface area contributed by atoms with E-state index in [9.17, 15) is 4.79 Å². The number of aryl methyl sites for hydroxylation is 1. The number of carbonyl (C=O) groups excluding carboxylic acids is 1. The highest BCUT2D eigenvalue weighted by atomic mass is 32.1. The second-order valence-corrected chi connectivity index (χ2v) is 4.83. The number of hydrogen-bond acceptors (Lipinski definition) is 4. The van der Waals surface area contributed by atoms with Crippen LogP contribution >= 0.6 is 11.3 Å². The lowest BCUT2D eigenvalue weighted by Crippen LogP contribution is -2.45. The van der Waals surface area contributed by atoms with E-state index < -0.39 is 0 Å². The highest BCUT2D eigenvalue weighted by Crippen LogP contribution is 2.09. The molecule has 1 aliphatic heterocycles. The lowest BCUT2D eigenvalue weighted by atomic mass is 10.1. The van der Waals surface area contributed by atoms with Crippen molar-refractivity contribution < 1.29 is 4.79 Å². The molecule has 1 aromatic rings. The van der Waals surface area contributed by atoms with Crippen molar-refractivity contribution in [3.8, 4) is 0 Å². The fourth-order valence-corrected chi connectivity index (χ4v) is 2.30. The molecule has 1 aliphatic rings. The number of piperidine rings is 1. The topological polar surface area (TPSA) is 54.0 Å². The van der Waals surface area contributed by atoms with Crippen LogP contribution < -0.4 is 10.6 Å². The van der Waals surface area contributed by atoms with E-state index in [2.05, 4.69) is 15.6 Å². The molecule has 5 heteroatoms.